The Hall–Kier alpha value is -1.16. The molecule has 1 aromatic rings. The predicted octanol–water partition coefficient (Wildman–Crippen LogP) is 3.40. The zero-order valence-corrected chi connectivity index (χ0v) is 9.54. The molecule has 0 atom stereocenters. The standard InChI is InChI=1S/C10H10BrNO2/c1-7-4-3-5-10(11)9(7)6-8(2)12(13)14/h3-6H,1-2H3/b8-6+. The molecule has 0 aliphatic rings. The van der Waals surface area contributed by atoms with E-state index in [0.717, 1.165) is 15.6 Å². The van der Waals surface area contributed by atoms with Crippen LogP contribution in [0, 0.1) is 17.0 Å². The van der Waals surface area contributed by atoms with E-state index >= 15 is 0 Å². The van der Waals surface area contributed by atoms with Crippen molar-refractivity contribution >= 4 is 22.0 Å². The lowest BCUT2D eigenvalue weighted by Gasteiger charge is -2.02. The highest BCUT2D eigenvalue weighted by Gasteiger charge is 2.06. The number of nitro groups is 1. The van der Waals surface area contributed by atoms with Crippen LogP contribution >= 0.6 is 15.9 Å². The molecule has 3 nitrogen and oxygen atoms in total. The maximum Gasteiger partial charge on any atom is 0.243 e. The van der Waals surface area contributed by atoms with Crippen LogP contribution in [0.1, 0.15) is 18.1 Å². The van der Waals surface area contributed by atoms with Crippen LogP contribution in [0.2, 0.25) is 0 Å². The zero-order chi connectivity index (χ0) is 10.7. The van der Waals surface area contributed by atoms with Crippen LogP contribution in [0.5, 0.6) is 0 Å². The first-order valence-corrected chi connectivity index (χ1v) is 4.89. The van der Waals surface area contributed by atoms with Crippen LogP contribution in [0.3, 0.4) is 0 Å². The van der Waals surface area contributed by atoms with Crippen LogP contribution in [-0.4, -0.2) is 4.92 Å². The van der Waals surface area contributed by atoms with Crippen LogP contribution < -0.4 is 0 Å². The first kappa shape index (κ1) is 10.9. The summed E-state index contributed by atoms with van der Waals surface area (Å²) in [5.74, 6) is 0. The van der Waals surface area contributed by atoms with Crippen molar-refractivity contribution in [3.8, 4) is 0 Å². The minimum Gasteiger partial charge on any atom is -0.259 e. The lowest BCUT2D eigenvalue weighted by molar-refractivity contribution is -0.422. The first-order chi connectivity index (χ1) is 6.52. The third kappa shape index (κ3) is 2.42. The Bertz CT molecular complexity index is 379. The van der Waals surface area contributed by atoms with E-state index in [1.807, 2.05) is 25.1 Å². The van der Waals surface area contributed by atoms with Gasteiger partial charge in [0.15, 0.2) is 0 Å². The van der Waals surface area contributed by atoms with Gasteiger partial charge in [-0.15, -0.1) is 0 Å². The van der Waals surface area contributed by atoms with Gasteiger partial charge in [-0.3, -0.25) is 10.1 Å². The molecule has 0 heterocycles. The predicted molar refractivity (Wildman–Crippen MR) is 59.5 cm³/mol. The molecule has 14 heavy (non-hydrogen) atoms. The molecular formula is C10H10BrNO2. The van der Waals surface area contributed by atoms with Crippen LogP contribution in [0.4, 0.5) is 0 Å². The Morgan fingerprint density at radius 3 is 2.71 bits per heavy atom. The van der Waals surface area contributed by atoms with Gasteiger partial charge in [-0.2, -0.15) is 0 Å². The Kier molecular flexibility index (Phi) is 3.41. The number of allylic oxidation sites excluding steroid dienone is 1. The van der Waals surface area contributed by atoms with Crippen molar-refractivity contribution < 1.29 is 4.92 Å². The fourth-order valence-corrected chi connectivity index (χ4v) is 1.67. The third-order valence-electron chi connectivity index (χ3n) is 1.91. The van der Waals surface area contributed by atoms with Crippen molar-refractivity contribution in [3.63, 3.8) is 0 Å². The van der Waals surface area contributed by atoms with Crippen molar-refractivity contribution in [2.75, 3.05) is 0 Å². The summed E-state index contributed by atoms with van der Waals surface area (Å²) in [6, 6.07) is 5.69. The third-order valence-corrected chi connectivity index (χ3v) is 2.60. The molecule has 1 aromatic carbocycles. The smallest absolute Gasteiger partial charge is 0.243 e. The fourth-order valence-electron chi connectivity index (χ4n) is 1.09. The highest BCUT2D eigenvalue weighted by atomic mass is 79.9. The lowest BCUT2D eigenvalue weighted by Crippen LogP contribution is -1.94. The average molecular weight is 256 g/mol. The SMILES string of the molecule is C/C(=C\c1c(C)cccc1Br)[N+](=O)[O-]. The van der Waals surface area contributed by atoms with Crippen molar-refractivity contribution in [3.05, 3.63) is 49.6 Å². The van der Waals surface area contributed by atoms with Gasteiger partial charge in [-0.05, 0) is 24.1 Å². The second-order valence-corrected chi connectivity index (χ2v) is 3.87. The Morgan fingerprint density at radius 1 is 1.57 bits per heavy atom. The molecule has 0 aromatic heterocycles. The molecule has 0 saturated heterocycles. The number of aryl methyl sites for hydroxylation is 1. The highest BCUT2D eigenvalue weighted by Crippen LogP contribution is 2.22. The van der Waals surface area contributed by atoms with Gasteiger partial charge in [0.25, 0.3) is 0 Å². The number of halogens is 1. The first-order valence-electron chi connectivity index (χ1n) is 4.10. The fraction of sp³-hybridized carbons (Fsp3) is 0.200. The molecule has 0 unspecified atom stereocenters. The van der Waals surface area contributed by atoms with E-state index in [9.17, 15) is 10.1 Å². The van der Waals surface area contributed by atoms with E-state index in [1.165, 1.54) is 6.92 Å². The highest BCUT2D eigenvalue weighted by molar-refractivity contribution is 9.10. The van der Waals surface area contributed by atoms with Gasteiger partial charge in [0.1, 0.15) is 0 Å². The summed E-state index contributed by atoms with van der Waals surface area (Å²) in [7, 11) is 0. The molecule has 0 saturated carbocycles. The van der Waals surface area contributed by atoms with Crippen molar-refractivity contribution in [1.82, 2.24) is 0 Å². The molecule has 0 aliphatic heterocycles. The normalized spacial score (nSPS) is 11.5. The summed E-state index contributed by atoms with van der Waals surface area (Å²) in [4.78, 5) is 10.1. The maximum atomic E-state index is 10.4. The van der Waals surface area contributed by atoms with E-state index < -0.39 is 4.92 Å². The minimum atomic E-state index is -0.390. The summed E-state index contributed by atoms with van der Waals surface area (Å²) >= 11 is 3.36. The zero-order valence-electron chi connectivity index (χ0n) is 7.95. The molecule has 4 heteroatoms. The molecule has 0 amide bonds. The Balaban J connectivity index is 3.20. The van der Waals surface area contributed by atoms with Gasteiger partial charge in [0.05, 0.1) is 4.92 Å². The van der Waals surface area contributed by atoms with Crippen molar-refractivity contribution in [1.29, 1.82) is 0 Å². The lowest BCUT2D eigenvalue weighted by atomic mass is 10.1. The second-order valence-electron chi connectivity index (χ2n) is 3.01. The summed E-state index contributed by atoms with van der Waals surface area (Å²) in [5, 5.41) is 10.4. The van der Waals surface area contributed by atoms with E-state index in [1.54, 1.807) is 6.08 Å². The molecule has 0 spiro atoms. The molecular weight excluding hydrogens is 246 g/mol. The molecule has 1 rings (SSSR count). The van der Waals surface area contributed by atoms with Gasteiger partial charge in [-0.25, -0.2) is 0 Å². The second kappa shape index (κ2) is 4.37. The summed E-state index contributed by atoms with van der Waals surface area (Å²) in [5.41, 5.74) is 2.02. The Morgan fingerprint density at radius 2 is 2.21 bits per heavy atom. The van der Waals surface area contributed by atoms with Crippen molar-refractivity contribution in [2.24, 2.45) is 0 Å². The van der Waals surface area contributed by atoms with E-state index in [2.05, 4.69) is 15.9 Å². The number of hydrogen-bond donors (Lipinski definition) is 0. The summed E-state index contributed by atoms with van der Waals surface area (Å²) in [6.45, 7) is 3.41. The summed E-state index contributed by atoms with van der Waals surface area (Å²) < 4.78 is 0.874. The van der Waals surface area contributed by atoms with Crippen LogP contribution in [0.25, 0.3) is 6.08 Å². The topological polar surface area (TPSA) is 43.1 Å². The van der Waals surface area contributed by atoms with Gasteiger partial charge >= 0.3 is 0 Å². The minimum absolute atomic E-state index is 0.139. The van der Waals surface area contributed by atoms with Crippen LogP contribution in [-0.2, 0) is 0 Å². The van der Waals surface area contributed by atoms with E-state index in [0.29, 0.717) is 0 Å². The Labute approximate surface area is 90.7 Å². The molecule has 0 N–H and O–H groups in total. The van der Waals surface area contributed by atoms with Crippen LogP contribution in [0.15, 0.2) is 28.4 Å². The van der Waals surface area contributed by atoms with Gasteiger partial charge in [0.2, 0.25) is 5.70 Å². The molecule has 0 fully saturated rings. The average Bonchev–Trinajstić information content (AvgIpc) is 2.11. The monoisotopic (exact) mass is 255 g/mol. The van der Waals surface area contributed by atoms with E-state index in [-0.39, 0.29) is 5.70 Å². The van der Waals surface area contributed by atoms with Gasteiger partial charge < -0.3 is 0 Å². The van der Waals surface area contributed by atoms with Gasteiger partial charge in [-0.1, -0.05) is 28.1 Å². The summed E-state index contributed by atoms with van der Waals surface area (Å²) in [6.07, 6.45) is 1.57. The van der Waals surface area contributed by atoms with Crippen molar-refractivity contribution in [2.45, 2.75) is 13.8 Å². The van der Waals surface area contributed by atoms with E-state index in [4.69, 9.17) is 0 Å². The molecule has 0 aliphatic carbocycles. The molecule has 74 valence electrons. The largest absolute Gasteiger partial charge is 0.259 e. The molecule has 0 radical (unpaired) electrons. The maximum absolute atomic E-state index is 10.4. The number of benzene rings is 1. The number of rotatable bonds is 2. The number of nitrogens with zero attached hydrogens (tertiary/aromatic N) is 1. The quantitative estimate of drug-likeness (QED) is 0.601. The number of hydrogen-bond acceptors (Lipinski definition) is 2. The molecule has 0 bridgehead atoms. The van der Waals surface area contributed by atoms with Gasteiger partial charge in [0, 0.05) is 17.5 Å².